The van der Waals surface area contributed by atoms with Gasteiger partial charge in [0.1, 0.15) is 5.69 Å². The fourth-order valence-electron chi connectivity index (χ4n) is 2.36. The molecule has 0 atom stereocenters. The van der Waals surface area contributed by atoms with E-state index in [4.69, 9.17) is 5.73 Å². The molecule has 0 saturated carbocycles. The van der Waals surface area contributed by atoms with E-state index in [-0.39, 0.29) is 17.1 Å². The van der Waals surface area contributed by atoms with Crippen molar-refractivity contribution in [3.05, 3.63) is 41.7 Å². The van der Waals surface area contributed by atoms with Crippen LogP contribution in [0.3, 0.4) is 0 Å². The van der Waals surface area contributed by atoms with Gasteiger partial charge in [-0.1, -0.05) is 24.3 Å². The first kappa shape index (κ1) is 15.7. The zero-order valence-electron chi connectivity index (χ0n) is 12.3. The van der Waals surface area contributed by atoms with E-state index in [1.165, 1.54) is 7.05 Å². The summed E-state index contributed by atoms with van der Waals surface area (Å²) in [5.41, 5.74) is 5.35. The number of nitrogens with one attached hydrogen (secondary N) is 1. The second-order valence-corrected chi connectivity index (χ2v) is 4.97. The van der Waals surface area contributed by atoms with Crippen LogP contribution in [0.5, 0.6) is 0 Å². The molecule has 7 nitrogen and oxygen atoms in total. The van der Waals surface area contributed by atoms with Crippen molar-refractivity contribution in [2.75, 3.05) is 0 Å². The highest BCUT2D eigenvalue weighted by Gasteiger charge is 2.35. The third-order valence-electron chi connectivity index (χ3n) is 3.41. The number of primary amides is 1. The van der Waals surface area contributed by atoms with Crippen molar-refractivity contribution >= 4 is 5.91 Å². The van der Waals surface area contributed by atoms with Crippen LogP contribution in [0.15, 0.2) is 30.3 Å². The van der Waals surface area contributed by atoms with Crippen LogP contribution in [0, 0.1) is 0 Å². The van der Waals surface area contributed by atoms with Gasteiger partial charge in [0.05, 0.1) is 5.69 Å². The lowest BCUT2D eigenvalue weighted by atomic mass is 10.00. The fraction of sp³-hybridized carbons (Fsp3) is 0.143. The number of nitrogens with zero attached hydrogens (tertiary/aromatic N) is 4. The Morgan fingerprint density at radius 1 is 1.21 bits per heavy atom. The minimum Gasteiger partial charge on any atom is -0.364 e. The van der Waals surface area contributed by atoms with Crippen LogP contribution in [-0.2, 0) is 13.2 Å². The molecule has 0 bridgehead atoms. The van der Waals surface area contributed by atoms with Crippen LogP contribution in [0.4, 0.5) is 13.2 Å². The van der Waals surface area contributed by atoms with E-state index >= 15 is 0 Å². The average molecular weight is 336 g/mol. The number of rotatable bonds is 3. The first-order valence-corrected chi connectivity index (χ1v) is 6.70. The first-order valence-electron chi connectivity index (χ1n) is 6.70. The van der Waals surface area contributed by atoms with Gasteiger partial charge < -0.3 is 5.73 Å². The second-order valence-electron chi connectivity index (χ2n) is 4.97. The van der Waals surface area contributed by atoms with Crippen LogP contribution in [0.2, 0.25) is 0 Å². The lowest BCUT2D eigenvalue weighted by molar-refractivity contribution is -0.141. The zero-order chi connectivity index (χ0) is 17.5. The summed E-state index contributed by atoms with van der Waals surface area (Å²) >= 11 is 0. The van der Waals surface area contributed by atoms with Gasteiger partial charge in [-0.25, -0.2) is 0 Å². The number of hydrogen-bond acceptors (Lipinski definition) is 4. The molecule has 0 saturated heterocycles. The maximum atomic E-state index is 12.9. The highest BCUT2D eigenvalue weighted by Crippen LogP contribution is 2.35. The molecule has 0 radical (unpaired) electrons. The Morgan fingerprint density at radius 3 is 2.46 bits per heavy atom. The predicted octanol–water partition coefficient (Wildman–Crippen LogP) is 1.99. The largest absolute Gasteiger partial charge is 0.435 e. The summed E-state index contributed by atoms with van der Waals surface area (Å²) in [5, 5.41) is 13.4. The van der Waals surface area contributed by atoms with Crippen molar-refractivity contribution in [1.29, 1.82) is 0 Å². The summed E-state index contributed by atoms with van der Waals surface area (Å²) in [4.78, 5) is 11.4. The SMILES string of the molecule is Cn1nc(C(F)(F)F)cc1-c1ccccc1-c1n[nH]nc1C(N)=O. The molecule has 0 fully saturated rings. The number of carbonyl (C=O) groups excluding carboxylic acids is 1. The van der Waals surface area contributed by atoms with Crippen molar-refractivity contribution < 1.29 is 18.0 Å². The molecule has 3 rings (SSSR count). The molecule has 3 aromatic rings. The smallest absolute Gasteiger partial charge is 0.364 e. The van der Waals surface area contributed by atoms with E-state index in [2.05, 4.69) is 20.5 Å². The number of hydrogen-bond donors (Lipinski definition) is 2. The zero-order valence-corrected chi connectivity index (χ0v) is 12.3. The van der Waals surface area contributed by atoms with E-state index in [0.717, 1.165) is 10.7 Å². The molecule has 2 aromatic heterocycles. The van der Waals surface area contributed by atoms with Crippen LogP contribution in [0.1, 0.15) is 16.2 Å². The Labute approximate surface area is 133 Å². The second kappa shape index (κ2) is 5.48. The third-order valence-corrected chi connectivity index (χ3v) is 3.41. The number of aromatic amines is 1. The highest BCUT2D eigenvalue weighted by atomic mass is 19.4. The van der Waals surface area contributed by atoms with E-state index in [1.54, 1.807) is 24.3 Å². The van der Waals surface area contributed by atoms with Crippen LogP contribution in [-0.4, -0.2) is 31.1 Å². The number of nitrogens with two attached hydrogens (primary N) is 1. The van der Waals surface area contributed by atoms with E-state index < -0.39 is 17.8 Å². The molecule has 2 heterocycles. The fourth-order valence-corrected chi connectivity index (χ4v) is 2.36. The van der Waals surface area contributed by atoms with Gasteiger partial charge >= 0.3 is 6.18 Å². The van der Waals surface area contributed by atoms with Gasteiger partial charge in [0, 0.05) is 18.2 Å². The first-order chi connectivity index (χ1) is 11.3. The molecular weight excluding hydrogens is 325 g/mol. The summed E-state index contributed by atoms with van der Waals surface area (Å²) in [7, 11) is 1.40. The molecule has 1 amide bonds. The molecule has 24 heavy (non-hydrogen) atoms. The Kier molecular flexibility index (Phi) is 3.59. The van der Waals surface area contributed by atoms with Crippen molar-refractivity contribution in [1.82, 2.24) is 25.2 Å². The Hall–Kier alpha value is -3.17. The molecule has 0 aliphatic heterocycles. The molecule has 0 aliphatic carbocycles. The molecule has 0 unspecified atom stereocenters. The number of alkyl halides is 3. The minimum atomic E-state index is -4.56. The molecule has 1 aromatic carbocycles. The quantitative estimate of drug-likeness (QED) is 0.763. The van der Waals surface area contributed by atoms with E-state index in [0.29, 0.717) is 11.1 Å². The summed E-state index contributed by atoms with van der Waals surface area (Å²) in [6, 6.07) is 7.47. The maximum absolute atomic E-state index is 12.9. The minimum absolute atomic E-state index is 0.0966. The van der Waals surface area contributed by atoms with Crippen molar-refractivity contribution in [2.24, 2.45) is 12.8 Å². The van der Waals surface area contributed by atoms with Crippen LogP contribution >= 0.6 is 0 Å². The molecule has 0 spiro atoms. The van der Waals surface area contributed by atoms with E-state index in [9.17, 15) is 18.0 Å². The molecule has 0 aliphatic rings. The summed E-state index contributed by atoms with van der Waals surface area (Å²) < 4.78 is 39.7. The highest BCUT2D eigenvalue weighted by molar-refractivity contribution is 5.98. The lowest BCUT2D eigenvalue weighted by Crippen LogP contribution is -2.13. The van der Waals surface area contributed by atoms with Gasteiger partial charge in [0.25, 0.3) is 5.91 Å². The Balaban J connectivity index is 2.20. The van der Waals surface area contributed by atoms with Gasteiger partial charge in [-0.3, -0.25) is 9.48 Å². The van der Waals surface area contributed by atoms with Gasteiger partial charge in [-0.15, -0.1) is 0 Å². The van der Waals surface area contributed by atoms with E-state index in [1.807, 2.05) is 0 Å². The Morgan fingerprint density at radius 2 is 1.88 bits per heavy atom. The van der Waals surface area contributed by atoms with Crippen molar-refractivity contribution in [3.8, 4) is 22.5 Å². The third kappa shape index (κ3) is 2.62. The summed E-state index contributed by atoms with van der Waals surface area (Å²) in [6.07, 6.45) is -4.56. The van der Waals surface area contributed by atoms with Crippen LogP contribution < -0.4 is 5.73 Å². The van der Waals surface area contributed by atoms with Crippen LogP contribution in [0.25, 0.3) is 22.5 Å². The average Bonchev–Trinajstić information content (AvgIpc) is 3.13. The van der Waals surface area contributed by atoms with Crippen molar-refractivity contribution in [3.63, 3.8) is 0 Å². The standard InChI is InChI=1S/C14H11F3N6O/c1-23-9(6-10(21-23)14(15,16)17)7-4-2-3-5-8(7)11-12(13(18)24)20-22-19-11/h2-6H,1H3,(H2,18,24)(H,19,20,22). The van der Waals surface area contributed by atoms with Gasteiger partial charge in [0.2, 0.25) is 0 Å². The molecule has 10 heteroatoms. The number of H-pyrrole nitrogens is 1. The summed E-state index contributed by atoms with van der Waals surface area (Å²) in [5.74, 6) is -0.797. The normalized spacial score (nSPS) is 11.7. The number of aryl methyl sites for hydroxylation is 1. The predicted molar refractivity (Wildman–Crippen MR) is 77.5 cm³/mol. The Bertz CT molecular complexity index is 911. The topological polar surface area (TPSA) is 102 Å². The van der Waals surface area contributed by atoms with Gasteiger partial charge in [0.15, 0.2) is 11.4 Å². The number of halogens is 3. The monoisotopic (exact) mass is 336 g/mol. The molecule has 124 valence electrons. The number of benzene rings is 1. The molecular formula is C14H11F3N6O. The lowest BCUT2D eigenvalue weighted by Gasteiger charge is -2.08. The number of aromatic nitrogens is 5. The van der Waals surface area contributed by atoms with Gasteiger partial charge in [-0.05, 0) is 6.07 Å². The maximum Gasteiger partial charge on any atom is 0.435 e. The molecule has 3 N–H and O–H groups in total. The van der Waals surface area contributed by atoms with Gasteiger partial charge in [-0.2, -0.15) is 33.7 Å². The number of amides is 1. The number of carbonyl (C=O) groups is 1. The van der Waals surface area contributed by atoms with Crippen molar-refractivity contribution in [2.45, 2.75) is 6.18 Å². The summed E-state index contributed by atoms with van der Waals surface area (Å²) in [6.45, 7) is 0.